The average molecular weight is 430 g/mol. The van der Waals surface area contributed by atoms with Crippen molar-refractivity contribution in [2.45, 2.75) is 46.1 Å². The first-order chi connectivity index (χ1) is 15.3. The lowest BCUT2D eigenvalue weighted by atomic mass is 9.91. The Labute approximate surface area is 186 Å². The number of hydrogen-bond donors (Lipinski definition) is 2. The van der Waals surface area contributed by atoms with Gasteiger partial charge in [0.2, 0.25) is 5.95 Å². The van der Waals surface area contributed by atoms with Gasteiger partial charge in [0.15, 0.2) is 5.65 Å². The van der Waals surface area contributed by atoms with Crippen LogP contribution in [0.15, 0.2) is 47.5 Å². The molecule has 32 heavy (non-hydrogen) atoms. The first kappa shape index (κ1) is 20.2. The Morgan fingerprint density at radius 1 is 1.16 bits per heavy atom. The van der Waals surface area contributed by atoms with E-state index < -0.39 is 0 Å². The lowest BCUT2D eigenvalue weighted by Crippen LogP contribution is -2.22. The molecule has 0 radical (unpaired) electrons. The number of hydrogen-bond acceptors (Lipinski definition) is 6. The highest BCUT2D eigenvalue weighted by atomic mass is 16.1. The molecule has 0 atom stereocenters. The molecule has 1 aliphatic heterocycles. The minimum absolute atomic E-state index is 0.107. The molecule has 164 valence electrons. The number of pyridine rings is 1. The van der Waals surface area contributed by atoms with Gasteiger partial charge in [-0.05, 0) is 43.2 Å². The van der Waals surface area contributed by atoms with Gasteiger partial charge in [-0.1, -0.05) is 26.8 Å². The summed E-state index contributed by atoms with van der Waals surface area (Å²) in [5.74, 6) is 0.447. The summed E-state index contributed by atoms with van der Waals surface area (Å²) in [5.41, 5.74) is 5.50. The Balaban J connectivity index is 1.62. The normalized spacial score (nSPS) is 13.2. The van der Waals surface area contributed by atoms with Crippen molar-refractivity contribution < 1.29 is 0 Å². The van der Waals surface area contributed by atoms with Crippen LogP contribution in [0.5, 0.6) is 0 Å². The van der Waals surface area contributed by atoms with Gasteiger partial charge >= 0.3 is 0 Å². The molecule has 0 fully saturated rings. The van der Waals surface area contributed by atoms with Crippen LogP contribution in [-0.4, -0.2) is 30.9 Å². The van der Waals surface area contributed by atoms with Crippen LogP contribution in [0.2, 0.25) is 0 Å². The van der Waals surface area contributed by atoms with E-state index >= 15 is 0 Å². The van der Waals surface area contributed by atoms with Gasteiger partial charge in [0.1, 0.15) is 5.39 Å². The quantitative estimate of drug-likeness (QED) is 0.510. The molecular weight excluding hydrogens is 402 g/mol. The molecule has 8 heteroatoms. The third kappa shape index (κ3) is 3.41. The SMILES string of the molecule is CCn1c(=O)c2cnc(Nc3ccc4c(c3)NCC4)nc2n1-c1ccnc(C(C)(C)C)c1. The van der Waals surface area contributed by atoms with Crippen molar-refractivity contribution in [1.29, 1.82) is 0 Å². The van der Waals surface area contributed by atoms with E-state index in [1.165, 1.54) is 5.56 Å². The molecule has 5 rings (SSSR count). The van der Waals surface area contributed by atoms with E-state index in [0.717, 1.165) is 35.7 Å². The Bertz CT molecular complexity index is 1380. The molecule has 4 heterocycles. The number of anilines is 3. The van der Waals surface area contributed by atoms with Crippen LogP contribution in [0.4, 0.5) is 17.3 Å². The maximum atomic E-state index is 13.1. The van der Waals surface area contributed by atoms with E-state index in [1.54, 1.807) is 17.1 Å². The van der Waals surface area contributed by atoms with Crippen LogP contribution in [0.25, 0.3) is 16.7 Å². The van der Waals surface area contributed by atoms with Gasteiger partial charge in [-0.25, -0.2) is 14.3 Å². The molecular formula is C24H27N7O. The van der Waals surface area contributed by atoms with Crippen molar-refractivity contribution >= 4 is 28.4 Å². The first-order valence-electron chi connectivity index (χ1n) is 10.9. The van der Waals surface area contributed by atoms with Gasteiger partial charge in [0.05, 0.1) is 5.69 Å². The van der Waals surface area contributed by atoms with Gasteiger partial charge < -0.3 is 10.6 Å². The summed E-state index contributed by atoms with van der Waals surface area (Å²) in [4.78, 5) is 26.7. The van der Waals surface area contributed by atoms with E-state index in [9.17, 15) is 4.79 Å². The van der Waals surface area contributed by atoms with Crippen molar-refractivity contribution in [3.63, 3.8) is 0 Å². The molecule has 0 saturated heterocycles. The number of fused-ring (bicyclic) bond motifs is 2. The fraction of sp³-hybridized carbons (Fsp3) is 0.333. The van der Waals surface area contributed by atoms with E-state index in [4.69, 9.17) is 4.98 Å². The molecule has 0 saturated carbocycles. The van der Waals surface area contributed by atoms with Crippen molar-refractivity contribution in [2.75, 3.05) is 17.2 Å². The summed E-state index contributed by atoms with van der Waals surface area (Å²) in [6, 6.07) is 10.1. The van der Waals surface area contributed by atoms with E-state index in [1.807, 2.05) is 29.8 Å². The van der Waals surface area contributed by atoms with Gasteiger partial charge in [-0.2, -0.15) is 4.98 Å². The van der Waals surface area contributed by atoms with Crippen molar-refractivity contribution in [3.8, 4) is 5.69 Å². The Kier molecular flexibility index (Phi) is 4.73. The number of nitrogens with zero attached hydrogens (tertiary/aromatic N) is 5. The maximum absolute atomic E-state index is 13.1. The molecule has 0 unspecified atom stereocenters. The Morgan fingerprint density at radius 2 is 2.00 bits per heavy atom. The van der Waals surface area contributed by atoms with E-state index in [-0.39, 0.29) is 11.0 Å². The highest BCUT2D eigenvalue weighted by molar-refractivity contribution is 5.77. The summed E-state index contributed by atoms with van der Waals surface area (Å²) in [6.45, 7) is 9.79. The minimum Gasteiger partial charge on any atom is -0.384 e. The standard InChI is InChI=1S/C24H27N7O/c1-5-30-22(32)18-14-27-23(28-16-7-6-15-8-10-25-19(15)12-16)29-21(18)31(30)17-9-11-26-20(13-17)24(2,3)4/h6-7,9,11-14,25H,5,8,10H2,1-4H3,(H,27,28,29). The number of rotatable bonds is 4. The number of nitrogens with one attached hydrogen (secondary N) is 2. The second-order valence-corrected chi connectivity index (χ2v) is 9.09. The zero-order chi connectivity index (χ0) is 22.5. The smallest absolute Gasteiger partial charge is 0.278 e. The molecule has 8 nitrogen and oxygen atoms in total. The summed E-state index contributed by atoms with van der Waals surface area (Å²) >= 11 is 0. The van der Waals surface area contributed by atoms with Crippen LogP contribution in [0.1, 0.15) is 39.0 Å². The topological polar surface area (TPSA) is 89.7 Å². The van der Waals surface area contributed by atoms with Crippen LogP contribution in [0, 0.1) is 0 Å². The molecule has 2 N–H and O–H groups in total. The second kappa shape index (κ2) is 7.47. The second-order valence-electron chi connectivity index (χ2n) is 9.09. The Hall–Kier alpha value is -3.68. The molecule has 0 amide bonds. The predicted octanol–water partition coefficient (Wildman–Crippen LogP) is 4.01. The number of benzene rings is 1. The molecule has 1 aromatic carbocycles. The highest BCUT2D eigenvalue weighted by Crippen LogP contribution is 2.27. The fourth-order valence-electron chi connectivity index (χ4n) is 4.10. The zero-order valence-electron chi connectivity index (χ0n) is 18.8. The first-order valence-corrected chi connectivity index (χ1v) is 10.9. The molecule has 0 bridgehead atoms. The Morgan fingerprint density at radius 3 is 2.78 bits per heavy atom. The molecule has 4 aromatic rings. The third-order valence-corrected chi connectivity index (χ3v) is 5.81. The summed E-state index contributed by atoms with van der Waals surface area (Å²) in [7, 11) is 0. The van der Waals surface area contributed by atoms with Crippen LogP contribution < -0.4 is 16.2 Å². The lowest BCUT2D eigenvalue weighted by molar-refractivity contribution is 0.557. The molecule has 3 aromatic heterocycles. The van der Waals surface area contributed by atoms with Crippen molar-refractivity contribution in [3.05, 3.63) is 64.3 Å². The van der Waals surface area contributed by atoms with Gasteiger partial charge in [-0.15, -0.1) is 0 Å². The van der Waals surface area contributed by atoms with Gasteiger partial charge in [0, 0.05) is 48.0 Å². The summed E-state index contributed by atoms with van der Waals surface area (Å²) < 4.78 is 3.55. The molecule has 0 aliphatic carbocycles. The third-order valence-electron chi connectivity index (χ3n) is 5.81. The molecule has 0 spiro atoms. The van der Waals surface area contributed by atoms with E-state index in [0.29, 0.717) is 23.5 Å². The minimum atomic E-state index is -0.111. The monoisotopic (exact) mass is 429 g/mol. The van der Waals surface area contributed by atoms with Crippen LogP contribution >= 0.6 is 0 Å². The van der Waals surface area contributed by atoms with Gasteiger partial charge in [-0.3, -0.25) is 9.78 Å². The average Bonchev–Trinajstić information content (AvgIpc) is 3.34. The van der Waals surface area contributed by atoms with Crippen LogP contribution in [-0.2, 0) is 18.4 Å². The largest absolute Gasteiger partial charge is 0.384 e. The summed E-state index contributed by atoms with van der Waals surface area (Å²) in [6.07, 6.45) is 4.43. The zero-order valence-corrected chi connectivity index (χ0v) is 18.8. The van der Waals surface area contributed by atoms with Crippen molar-refractivity contribution in [1.82, 2.24) is 24.3 Å². The fourth-order valence-corrected chi connectivity index (χ4v) is 4.10. The lowest BCUT2D eigenvalue weighted by Gasteiger charge is -2.19. The highest BCUT2D eigenvalue weighted by Gasteiger charge is 2.20. The van der Waals surface area contributed by atoms with Crippen LogP contribution in [0.3, 0.4) is 0 Å². The number of aromatic nitrogens is 5. The van der Waals surface area contributed by atoms with Crippen molar-refractivity contribution in [2.24, 2.45) is 0 Å². The summed E-state index contributed by atoms with van der Waals surface area (Å²) in [5, 5.41) is 7.16. The molecule has 1 aliphatic rings. The maximum Gasteiger partial charge on any atom is 0.278 e. The van der Waals surface area contributed by atoms with Gasteiger partial charge in [0.25, 0.3) is 5.56 Å². The van der Waals surface area contributed by atoms with E-state index in [2.05, 4.69) is 53.5 Å². The predicted molar refractivity (Wildman–Crippen MR) is 127 cm³/mol.